The molecule has 0 radical (unpaired) electrons. The van der Waals surface area contributed by atoms with E-state index in [1.807, 2.05) is 35.7 Å². The summed E-state index contributed by atoms with van der Waals surface area (Å²) in [5.74, 6) is -0.784. The highest BCUT2D eigenvalue weighted by Gasteiger charge is 2.26. The summed E-state index contributed by atoms with van der Waals surface area (Å²) in [6.07, 6.45) is 0. The molecule has 1 saturated heterocycles. The van der Waals surface area contributed by atoms with Crippen LogP contribution in [0.3, 0.4) is 0 Å². The zero-order valence-electron chi connectivity index (χ0n) is 16.2. The van der Waals surface area contributed by atoms with Gasteiger partial charge in [-0.2, -0.15) is 0 Å². The Labute approximate surface area is 191 Å². The van der Waals surface area contributed by atoms with Crippen molar-refractivity contribution in [2.24, 2.45) is 0 Å². The molecule has 0 atom stereocenters. The van der Waals surface area contributed by atoms with Crippen LogP contribution in [-0.2, 0) is 14.3 Å². The highest BCUT2D eigenvalue weighted by molar-refractivity contribution is 8.23. The normalized spacial score (nSPS) is 13.6. The number of esters is 1. The van der Waals surface area contributed by atoms with Crippen molar-refractivity contribution in [3.63, 3.8) is 0 Å². The molecule has 158 valence electrons. The molecule has 4 rings (SSSR count). The molecule has 1 N–H and O–H groups in total. The summed E-state index contributed by atoms with van der Waals surface area (Å²) in [7, 11) is 0. The van der Waals surface area contributed by atoms with Crippen molar-refractivity contribution in [3.05, 3.63) is 53.4 Å². The van der Waals surface area contributed by atoms with Gasteiger partial charge in [0.2, 0.25) is 5.91 Å². The lowest BCUT2D eigenvalue weighted by Crippen LogP contribution is -2.38. The largest absolute Gasteiger partial charge is 0.452 e. The van der Waals surface area contributed by atoms with Crippen molar-refractivity contribution in [3.8, 4) is 10.6 Å². The number of nitrogens with one attached hydrogen (secondary N) is 1. The first-order valence-electron chi connectivity index (χ1n) is 9.37. The summed E-state index contributed by atoms with van der Waals surface area (Å²) in [6.45, 7) is 0.101. The van der Waals surface area contributed by atoms with Crippen LogP contribution in [0.15, 0.2) is 47.8 Å². The quantitative estimate of drug-likeness (QED) is 0.418. The maximum Gasteiger partial charge on any atom is 0.339 e. The van der Waals surface area contributed by atoms with E-state index in [9.17, 15) is 14.4 Å². The second kappa shape index (κ2) is 9.54. The smallest absolute Gasteiger partial charge is 0.339 e. The van der Waals surface area contributed by atoms with Crippen LogP contribution in [0.4, 0.5) is 0 Å². The molecule has 1 aliphatic heterocycles. The summed E-state index contributed by atoms with van der Waals surface area (Å²) in [5, 5.41) is 5.24. The van der Waals surface area contributed by atoms with E-state index in [0.29, 0.717) is 38.8 Å². The van der Waals surface area contributed by atoms with Gasteiger partial charge in [-0.3, -0.25) is 14.5 Å². The fourth-order valence-electron chi connectivity index (χ4n) is 3.06. The zero-order chi connectivity index (χ0) is 21.8. The molecular formula is C21H17N3O4S3. The first-order valence-corrected chi connectivity index (χ1v) is 11.6. The molecule has 0 aliphatic carbocycles. The maximum atomic E-state index is 12.8. The summed E-state index contributed by atoms with van der Waals surface area (Å²) < 4.78 is 5.76. The second-order valence-corrected chi connectivity index (χ2v) is 9.13. The molecule has 3 aromatic rings. The van der Waals surface area contributed by atoms with Crippen molar-refractivity contribution in [1.29, 1.82) is 0 Å². The molecule has 0 bridgehead atoms. The number of amides is 2. The van der Waals surface area contributed by atoms with Crippen molar-refractivity contribution in [2.75, 3.05) is 25.4 Å². The third-order valence-electron chi connectivity index (χ3n) is 4.54. The van der Waals surface area contributed by atoms with Gasteiger partial charge < -0.3 is 10.1 Å². The predicted octanol–water partition coefficient (Wildman–Crippen LogP) is 3.10. The molecule has 1 aromatic carbocycles. The van der Waals surface area contributed by atoms with Gasteiger partial charge in [-0.25, -0.2) is 9.78 Å². The molecule has 10 heteroatoms. The number of aromatic nitrogens is 1. The number of thioether (sulfide) groups is 1. The molecule has 7 nitrogen and oxygen atoms in total. The number of thiophene rings is 1. The Morgan fingerprint density at radius 3 is 2.81 bits per heavy atom. The molecule has 0 unspecified atom stereocenters. The fourth-order valence-corrected chi connectivity index (χ4v) is 4.87. The van der Waals surface area contributed by atoms with Gasteiger partial charge in [-0.15, -0.1) is 11.3 Å². The number of para-hydroxylation sites is 1. The van der Waals surface area contributed by atoms with Gasteiger partial charge in [0.05, 0.1) is 27.4 Å². The van der Waals surface area contributed by atoms with Gasteiger partial charge >= 0.3 is 5.97 Å². The van der Waals surface area contributed by atoms with E-state index >= 15 is 0 Å². The van der Waals surface area contributed by atoms with Crippen LogP contribution in [0, 0.1) is 0 Å². The minimum atomic E-state index is -0.598. The summed E-state index contributed by atoms with van der Waals surface area (Å²) in [6, 6.07) is 12.8. The second-order valence-electron chi connectivity index (χ2n) is 6.58. The molecule has 3 heterocycles. The van der Waals surface area contributed by atoms with Crippen LogP contribution >= 0.6 is 35.3 Å². The van der Waals surface area contributed by atoms with Gasteiger partial charge in [0.15, 0.2) is 6.61 Å². The Balaban J connectivity index is 1.39. The van der Waals surface area contributed by atoms with Crippen LogP contribution in [0.1, 0.15) is 10.4 Å². The lowest BCUT2D eigenvalue weighted by Gasteiger charge is -2.15. The third kappa shape index (κ3) is 4.92. The average molecular weight is 472 g/mol. The number of ether oxygens (including phenoxy) is 1. The maximum absolute atomic E-state index is 12.8. The summed E-state index contributed by atoms with van der Waals surface area (Å²) in [5.41, 5.74) is 1.70. The summed E-state index contributed by atoms with van der Waals surface area (Å²) >= 11 is 7.93. The predicted molar refractivity (Wildman–Crippen MR) is 125 cm³/mol. The first-order chi connectivity index (χ1) is 15.0. The van der Waals surface area contributed by atoms with Gasteiger partial charge in [-0.1, -0.05) is 48.2 Å². The summed E-state index contributed by atoms with van der Waals surface area (Å²) in [4.78, 5) is 43.6. The molecule has 0 saturated carbocycles. The van der Waals surface area contributed by atoms with E-state index in [4.69, 9.17) is 17.0 Å². The number of carbonyl (C=O) groups is 3. The third-order valence-corrected chi connectivity index (χ3v) is 6.87. The monoisotopic (exact) mass is 471 g/mol. The van der Waals surface area contributed by atoms with Crippen LogP contribution in [0.2, 0.25) is 0 Å². The number of rotatable bonds is 7. The van der Waals surface area contributed by atoms with Crippen LogP contribution in [0.5, 0.6) is 0 Å². The van der Waals surface area contributed by atoms with Crippen molar-refractivity contribution < 1.29 is 19.1 Å². The van der Waals surface area contributed by atoms with Crippen molar-refractivity contribution in [2.45, 2.75) is 0 Å². The van der Waals surface area contributed by atoms with E-state index in [-0.39, 0.29) is 12.5 Å². The number of carbonyl (C=O) groups excluding carboxylic acids is 3. The van der Waals surface area contributed by atoms with Crippen LogP contribution in [0.25, 0.3) is 21.5 Å². The number of hydrogen-bond acceptors (Lipinski definition) is 8. The van der Waals surface area contributed by atoms with Gasteiger partial charge in [0.1, 0.15) is 4.32 Å². The first kappa shape index (κ1) is 21.4. The Morgan fingerprint density at radius 2 is 2.06 bits per heavy atom. The lowest BCUT2D eigenvalue weighted by molar-refractivity contribution is -0.126. The van der Waals surface area contributed by atoms with Gasteiger partial charge in [0, 0.05) is 18.5 Å². The van der Waals surface area contributed by atoms with E-state index in [0.717, 1.165) is 4.88 Å². The number of nitrogens with zero attached hydrogens (tertiary/aromatic N) is 2. The molecular weight excluding hydrogens is 454 g/mol. The number of benzene rings is 1. The number of fused-ring (bicyclic) bond motifs is 1. The Hall–Kier alpha value is -2.82. The molecule has 0 spiro atoms. The van der Waals surface area contributed by atoms with Crippen LogP contribution < -0.4 is 5.32 Å². The van der Waals surface area contributed by atoms with E-state index in [2.05, 4.69) is 10.3 Å². The lowest BCUT2D eigenvalue weighted by atomic mass is 10.1. The van der Waals surface area contributed by atoms with Crippen molar-refractivity contribution in [1.82, 2.24) is 15.2 Å². The number of pyridine rings is 1. The SMILES string of the molecule is O=C(COC(=O)c1cc(-c2cccs2)nc2ccccc12)NCCN1C(=O)CSC1=S. The van der Waals surface area contributed by atoms with E-state index in [1.165, 1.54) is 28.0 Å². The fraction of sp³-hybridized carbons (Fsp3) is 0.190. The van der Waals surface area contributed by atoms with Gasteiger partial charge in [-0.05, 0) is 23.6 Å². The molecule has 1 fully saturated rings. The standard InChI is InChI=1S/C21H17N3O4S3/c25-18(22-7-8-24-19(26)12-31-21(24)29)11-28-20(27)14-10-16(17-6-3-9-30-17)23-15-5-2-1-4-13(14)15/h1-6,9-10H,7-8,11-12H2,(H,22,25). The van der Waals surface area contributed by atoms with E-state index in [1.54, 1.807) is 12.1 Å². The number of hydrogen-bond donors (Lipinski definition) is 1. The minimum Gasteiger partial charge on any atom is -0.452 e. The molecule has 31 heavy (non-hydrogen) atoms. The number of thiocarbonyl (C=S) groups is 1. The molecule has 2 amide bonds. The molecule has 2 aromatic heterocycles. The minimum absolute atomic E-state index is 0.0678. The Kier molecular flexibility index (Phi) is 6.59. The molecule has 1 aliphatic rings. The van der Waals surface area contributed by atoms with Crippen LogP contribution in [-0.4, -0.2) is 57.4 Å². The van der Waals surface area contributed by atoms with Crippen molar-refractivity contribution >= 4 is 68.3 Å². The Morgan fingerprint density at radius 1 is 1.23 bits per heavy atom. The highest BCUT2D eigenvalue weighted by atomic mass is 32.2. The zero-order valence-corrected chi connectivity index (χ0v) is 18.6. The van der Waals surface area contributed by atoms with Gasteiger partial charge in [0.25, 0.3) is 5.91 Å². The highest BCUT2D eigenvalue weighted by Crippen LogP contribution is 2.28. The average Bonchev–Trinajstić information content (AvgIpc) is 3.42. The topological polar surface area (TPSA) is 88.6 Å². The Bertz CT molecular complexity index is 1150. The van der Waals surface area contributed by atoms with E-state index < -0.39 is 18.5 Å².